The van der Waals surface area contributed by atoms with E-state index in [1.807, 2.05) is 50.2 Å². The predicted molar refractivity (Wildman–Crippen MR) is 94.2 cm³/mol. The number of hydrogen-bond acceptors (Lipinski definition) is 6. The van der Waals surface area contributed by atoms with E-state index in [1.54, 1.807) is 6.20 Å². The van der Waals surface area contributed by atoms with Gasteiger partial charge in [-0.1, -0.05) is 11.6 Å². The van der Waals surface area contributed by atoms with Crippen LogP contribution in [0.2, 0.25) is 0 Å². The second kappa shape index (κ2) is 5.04. The molecule has 2 aromatic heterocycles. The molecule has 0 bridgehead atoms. The average Bonchev–Trinajstić information content (AvgIpc) is 2.98. The van der Waals surface area contributed by atoms with E-state index >= 15 is 0 Å². The van der Waals surface area contributed by atoms with Gasteiger partial charge in [0.25, 0.3) is 5.89 Å². The molecule has 0 radical (unpaired) electrons. The number of rotatable bonds is 1. The first-order chi connectivity index (χ1) is 12.2. The first-order valence-corrected chi connectivity index (χ1v) is 7.95. The summed E-state index contributed by atoms with van der Waals surface area (Å²) in [6.07, 6.45) is 1.73. The minimum atomic E-state index is 0.405. The van der Waals surface area contributed by atoms with Gasteiger partial charge in [0.15, 0.2) is 11.3 Å². The maximum Gasteiger partial charge on any atom is 0.250 e. The fraction of sp³-hybridized carbons (Fsp3) is 0.105. The molecule has 0 amide bonds. The van der Waals surface area contributed by atoms with E-state index in [0.29, 0.717) is 23.1 Å². The molecule has 0 unspecified atom stereocenters. The topological polar surface area (TPSA) is 77.6 Å². The summed E-state index contributed by atoms with van der Waals surface area (Å²) in [5.41, 5.74) is 4.96. The third-order valence-electron chi connectivity index (χ3n) is 4.28. The van der Waals surface area contributed by atoms with Gasteiger partial charge in [0.05, 0.1) is 16.8 Å². The molecule has 4 heterocycles. The molecule has 2 aliphatic heterocycles. The first kappa shape index (κ1) is 14.0. The summed E-state index contributed by atoms with van der Waals surface area (Å²) in [7, 11) is 0. The largest absolute Gasteiger partial charge is 0.416 e. The molecule has 5 rings (SSSR count). The zero-order valence-corrected chi connectivity index (χ0v) is 13.7. The van der Waals surface area contributed by atoms with Crippen molar-refractivity contribution < 1.29 is 4.42 Å². The lowest BCUT2D eigenvalue weighted by molar-refractivity contribution is 0.530. The zero-order valence-electron chi connectivity index (χ0n) is 13.7. The van der Waals surface area contributed by atoms with Crippen LogP contribution in [-0.2, 0) is 0 Å². The number of hydrogen-bond donors (Lipinski definition) is 0. The van der Waals surface area contributed by atoms with Crippen LogP contribution in [0.15, 0.2) is 47.0 Å². The molecule has 25 heavy (non-hydrogen) atoms. The summed E-state index contributed by atoms with van der Waals surface area (Å²) >= 11 is 0. The Morgan fingerprint density at radius 2 is 1.84 bits per heavy atom. The van der Waals surface area contributed by atoms with Gasteiger partial charge in [-0.25, -0.2) is 15.0 Å². The van der Waals surface area contributed by atoms with Crippen LogP contribution in [0, 0.1) is 13.8 Å². The highest BCUT2D eigenvalue weighted by Gasteiger charge is 2.20. The van der Waals surface area contributed by atoms with Gasteiger partial charge in [-0.2, -0.15) is 0 Å². The summed E-state index contributed by atoms with van der Waals surface area (Å²) in [5, 5.41) is 10.5. The van der Waals surface area contributed by atoms with Crippen molar-refractivity contribution in [1.29, 1.82) is 0 Å². The number of aryl methyl sites for hydroxylation is 2. The maximum atomic E-state index is 5.96. The summed E-state index contributed by atoms with van der Waals surface area (Å²) in [4.78, 5) is 13.3. The molecule has 0 spiro atoms. The number of nitrogens with zero attached hydrogens (tertiary/aromatic N) is 5. The molecule has 1 aromatic carbocycles. The fourth-order valence-corrected chi connectivity index (χ4v) is 3.01. The van der Waals surface area contributed by atoms with Gasteiger partial charge in [0.2, 0.25) is 5.89 Å². The van der Waals surface area contributed by atoms with E-state index in [1.165, 1.54) is 0 Å². The minimum Gasteiger partial charge on any atom is -0.416 e. The lowest BCUT2D eigenvalue weighted by Crippen LogP contribution is -1.96. The number of pyridine rings is 2. The van der Waals surface area contributed by atoms with E-state index in [2.05, 4.69) is 25.1 Å². The molecule has 2 aliphatic rings. The quantitative estimate of drug-likeness (QED) is 0.464. The Labute approximate surface area is 142 Å². The van der Waals surface area contributed by atoms with Gasteiger partial charge >= 0.3 is 0 Å². The molecule has 0 atom stereocenters. The second-order valence-electron chi connectivity index (χ2n) is 6.06. The highest BCUT2D eigenvalue weighted by Crippen LogP contribution is 2.32. The molecule has 0 N–H and O–H groups in total. The van der Waals surface area contributed by atoms with Crippen LogP contribution in [0.25, 0.3) is 45.0 Å². The van der Waals surface area contributed by atoms with Crippen LogP contribution in [-0.4, -0.2) is 25.1 Å². The standard InChI is InChI=1S/C19H13N5O/c1-10-5-6-15-14(8-10)16-19(22-15)25-18(24-23-16)13-9-12-4-3-7-20-17(12)21-11(13)2/h3-9H,1-2H3. The molecule has 3 aromatic rings. The van der Waals surface area contributed by atoms with Gasteiger partial charge < -0.3 is 4.42 Å². The zero-order chi connectivity index (χ0) is 17.0. The van der Waals surface area contributed by atoms with E-state index in [0.717, 1.165) is 33.1 Å². The van der Waals surface area contributed by atoms with Gasteiger partial charge in [-0.05, 0) is 44.2 Å². The van der Waals surface area contributed by atoms with Gasteiger partial charge in [0, 0.05) is 17.0 Å². The van der Waals surface area contributed by atoms with Gasteiger partial charge in [0.1, 0.15) is 0 Å². The van der Waals surface area contributed by atoms with Crippen molar-refractivity contribution in [3.05, 3.63) is 53.9 Å². The summed E-state index contributed by atoms with van der Waals surface area (Å²) in [6, 6.07) is 11.8. The number of fused-ring (bicyclic) bond motifs is 4. The van der Waals surface area contributed by atoms with Crippen LogP contribution < -0.4 is 0 Å². The van der Waals surface area contributed by atoms with Crippen molar-refractivity contribution in [3.8, 4) is 23.0 Å². The molecule has 0 fully saturated rings. The Morgan fingerprint density at radius 1 is 0.920 bits per heavy atom. The summed E-state index contributed by atoms with van der Waals surface area (Å²) in [5.74, 6) is 0.888. The molecule has 0 saturated heterocycles. The summed E-state index contributed by atoms with van der Waals surface area (Å²) in [6.45, 7) is 3.94. The highest BCUT2D eigenvalue weighted by molar-refractivity contribution is 5.94. The van der Waals surface area contributed by atoms with Crippen molar-refractivity contribution in [3.63, 3.8) is 0 Å². The number of aromatic nitrogens is 5. The lowest BCUT2D eigenvalue weighted by Gasteiger charge is -2.06. The van der Waals surface area contributed by atoms with Crippen molar-refractivity contribution in [2.24, 2.45) is 0 Å². The Hall–Kier alpha value is -3.41. The fourth-order valence-electron chi connectivity index (χ4n) is 3.01. The molecule has 0 saturated carbocycles. The Bertz CT molecular complexity index is 1230. The van der Waals surface area contributed by atoms with Crippen molar-refractivity contribution in [1.82, 2.24) is 25.1 Å². The SMILES string of the molecule is Cc1ccc2nc3oc(-c4cc5cccnc5nc4C)nnc-3c2c1. The molecule has 6 nitrogen and oxygen atoms in total. The second-order valence-corrected chi connectivity index (χ2v) is 6.06. The van der Waals surface area contributed by atoms with Crippen molar-refractivity contribution >= 4 is 21.9 Å². The molecular weight excluding hydrogens is 314 g/mol. The average molecular weight is 327 g/mol. The minimum absolute atomic E-state index is 0.405. The van der Waals surface area contributed by atoms with Crippen LogP contribution in [0.4, 0.5) is 0 Å². The van der Waals surface area contributed by atoms with E-state index in [4.69, 9.17) is 4.42 Å². The smallest absolute Gasteiger partial charge is 0.250 e. The maximum absolute atomic E-state index is 5.96. The highest BCUT2D eigenvalue weighted by atomic mass is 16.4. The molecule has 120 valence electrons. The van der Waals surface area contributed by atoms with Gasteiger partial charge in [-0.15, -0.1) is 10.2 Å². The molecule has 6 heteroatoms. The monoisotopic (exact) mass is 327 g/mol. The molecule has 0 aliphatic carbocycles. The van der Waals surface area contributed by atoms with Crippen LogP contribution in [0.1, 0.15) is 11.3 Å². The van der Waals surface area contributed by atoms with Crippen LogP contribution >= 0.6 is 0 Å². The van der Waals surface area contributed by atoms with Gasteiger partial charge in [-0.3, -0.25) is 0 Å². The van der Waals surface area contributed by atoms with E-state index < -0.39 is 0 Å². The van der Waals surface area contributed by atoms with E-state index in [-0.39, 0.29) is 0 Å². The lowest BCUT2D eigenvalue weighted by atomic mass is 10.1. The molecular formula is C19H13N5O. The number of benzene rings is 1. The Kier molecular flexibility index (Phi) is 2.82. The normalized spacial score (nSPS) is 11.6. The Balaban J connectivity index is 1.74. The first-order valence-electron chi connectivity index (χ1n) is 7.95. The van der Waals surface area contributed by atoms with E-state index in [9.17, 15) is 0 Å². The summed E-state index contributed by atoms with van der Waals surface area (Å²) < 4.78 is 5.96. The predicted octanol–water partition coefficient (Wildman–Crippen LogP) is 3.95. The third kappa shape index (κ3) is 2.15. The third-order valence-corrected chi connectivity index (χ3v) is 4.28. The van der Waals surface area contributed by atoms with Crippen LogP contribution in [0.3, 0.4) is 0 Å². The van der Waals surface area contributed by atoms with Crippen LogP contribution in [0.5, 0.6) is 0 Å². The van der Waals surface area contributed by atoms with Crippen molar-refractivity contribution in [2.45, 2.75) is 13.8 Å². The van der Waals surface area contributed by atoms with Crippen molar-refractivity contribution in [2.75, 3.05) is 0 Å². The Morgan fingerprint density at radius 3 is 2.76 bits per heavy atom.